The Morgan fingerprint density at radius 1 is 0.274 bits per heavy atom. The molecule has 0 saturated carbocycles. The van der Waals surface area contributed by atoms with Gasteiger partial charge in [0.25, 0.3) is 0 Å². The van der Waals surface area contributed by atoms with Gasteiger partial charge < -0.3 is 33.8 Å². The van der Waals surface area contributed by atoms with Crippen LogP contribution in [0.1, 0.15) is 323 Å². The normalized spacial score (nSPS) is 14.6. The van der Waals surface area contributed by atoms with E-state index in [1.807, 2.05) is 0 Å². The number of aliphatic hydroxyl groups excluding tert-OH is 1. The van der Waals surface area contributed by atoms with E-state index in [-0.39, 0.29) is 25.7 Å². The maximum absolute atomic E-state index is 13.1. The molecule has 17 nitrogen and oxygen atoms in total. The molecule has 2 unspecified atom stereocenters. The summed E-state index contributed by atoms with van der Waals surface area (Å²) in [6, 6.07) is 0. The molecule has 3 N–H and O–H groups in total. The zero-order chi connectivity index (χ0) is 77.4. The van der Waals surface area contributed by atoms with Crippen molar-refractivity contribution in [2.75, 3.05) is 39.6 Å². The highest BCUT2D eigenvalue weighted by Gasteiger charge is 2.30. The van der Waals surface area contributed by atoms with Gasteiger partial charge in [-0.1, -0.05) is 276 Å². The number of esters is 4. The van der Waals surface area contributed by atoms with Gasteiger partial charge in [0.15, 0.2) is 12.2 Å². The quantitative estimate of drug-likeness (QED) is 0.0169. The number of aliphatic hydroxyl groups is 1. The van der Waals surface area contributed by atoms with Crippen molar-refractivity contribution in [3.05, 3.63) is 146 Å². The van der Waals surface area contributed by atoms with Crippen molar-refractivity contribution in [1.29, 1.82) is 0 Å². The van der Waals surface area contributed by atoms with E-state index in [4.69, 9.17) is 37.0 Å². The SMILES string of the molecule is CC/C=C\C/C=C\C/C=C\C/C=C\C/C=C\CCCCCC(=O)OC[C@H](COP(=O)(O)OC[C@@H](O)COP(=O)(O)OC[C@@H](COC(=O)CCCCCCCCC/C=C\CCCCCC)OC(=O)CCCCC/C=C\C/C=C\C/C=C\C/C=C\C/C=C\CC)OC(=O)CCCCCCC/C=C\CCCCCC. The molecular weight excluding hydrogens is 1380 g/mol. The Balaban J connectivity index is 5.43. The van der Waals surface area contributed by atoms with Gasteiger partial charge in [0.1, 0.15) is 19.3 Å². The average molecular weight is 1530 g/mol. The number of hydrogen-bond acceptors (Lipinski definition) is 15. The highest BCUT2D eigenvalue weighted by molar-refractivity contribution is 7.47. The fourth-order valence-electron chi connectivity index (χ4n) is 10.6. The first kappa shape index (κ1) is 101. The van der Waals surface area contributed by atoms with Crippen molar-refractivity contribution < 1.29 is 80.2 Å². The molecule has 0 amide bonds. The Kier molecular flexibility index (Phi) is 74.3. The summed E-state index contributed by atoms with van der Waals surface area (Å²) in [6.07, 6.45) is 89.6. The van der Waals surface area contributed by atoms with Gasteiger partial charge in [0.2, 0.25) is 0 Å². The summed E-state index contributed by atoms with van der Waals surface area (Å²) in [5.74, 6) is -2.26. The Hall–Kier alpha value is -5.06. The molecule has 0 aromatic carbocycles. The van der Waals surface area contributed by atoms with Crippen LogP contribution in [0.5, 0.6) is 0 Å². The monoisotopic (exact) mass is 1530 g/mol. The van der Waals surface area contributed by atoms with Crippen LogP contribution in [0.15, 0.2) is 146 Å². The zero-order valence-electron chi connectivity index (χ0n) is 66.3. The molecule has 0 aliphatic carbocycles. The summed E-state index contributed by atoms with van der Waals surface area (Å²) >= 11 is 0. The lowest BCUT2D eigenvalue weighted by atomic mass is 10.1. The van der Waals surface area contributed by atoms with Crippen LogP contribution in [-0.4, -0.2) is 96.7 Å². The van der Waals surface area contributed by atoms with Crippen molar-refractivity contribution in [2.45, 2.75) is 341 Å². The van der Waals surface area contributed by atoms with Crippen LogP contribution in [0.25, 0.3) is 0 Å². The van der Waals surface area contributed by atoms with E-state index in [9.17, 15) is 43.2 Å². The first-order valence-corrected chi connectivity index (χ1v) is 44.1. The highest BCUT2D eigenvalue weighted by atomic mass is 31.2. The predicted octanol–water partition coefficient (Wildman–Crippen LogP) is 24.2. The fourth-order valence-corrected chi connectivity index (χ4v) is 12.1. The minimum atomic E-state index is -5.00. The Morgan fingerprint density at radius 3 is 0.774 bits per heavy atom. The summed E-state index contributed by atoms with van der Waals surface area (Å²) in [5, 5.41) is 10.7. The van der Waals surface area contributed by atoms with E-state index >= 15 is 0 Å². The Labute approximate surface area is 643 Å². The average Bonchev–Trinajstić information content (AvgIpc) is 0.899. The number of allylic oxidation sites excluding steroid dienone is 24. The van der Waals surface area contributed by atoms with Crippen LogP contribution >= 0.6 is 15.6 Å². The van der Waals surface area contributed by atoms with Gasteiger partial charge in [-0.2, -0.15) is 0 Å². The van der Waals surface area contributed by atoms with Gasteiger partial charge in [-0.25, -0.2) is 9.13 Å². The van der Waals surface area contributed by atoms with Crippen LogP contribution in [0.3, 0.4) is 0 Å². The maximum Gasteiger partial charge on any atom is 0.472 e. The molecule has 606 valence electrons. The third-order valence-electron chi connectivity index (χ3n) is 16.8. The zero-order valence-corrected chi connectivity index (χ0v) is 68.1. The number of rotatable bonds is 76. The molecule has 19 heteroatoms. The van der Waals surface area contributed by atoms with E-state index in [1.54, 1.807) is 0 Å². The van der Waals surface area contributed by atoms with Crippen LogP contribution in [0.4, 0.5) is 0 Å². The molecule has 0 fully saturated rings. The summed E-state index contributed by atoms with van der Waals surface area (Å²) in [4.78, 5) is 73.1. The van der Waals surface area contributed by atoms with Crippen molar-refractivity contribution in [3.63, 3.8) is 0 Å². The molecule has 0 aliphatic heterocycles. The molecule has 106 heavy (non-hydrogen) atoms. The molecule has 0 rings (SSSR count). The molecule has 0 heterocycles. The molecular formula is C87H146O17P2. The van der Waals surface area contributed by atoms with Crippen LogP contribution in [0.2, 0.25) is 0 Å². The molecule has 5 atom stereocenters. The number of ether oxygens (including phenoxy) is 4. The smallest absolute Gasteiger partial charge is 0.462 e. The summed E-state index contributed by atoms with van der Waals surface area (Å²) in [7, 11) is -9.99. The molecule has 0 spiro atoms. The van der Waals surface area contributed by atoms with Gasteiger partial charge in [-0.15, -0.1) is 0 Å². The second-order valence-electron chi connectivity index (χ2n) is 26.9. The Bertz CT molecular complexity index is 2580. The molecule has 0 aliphatic rings. The van der Waals surface area contributed by atoms with Gasteiger partial charge in [-0.05, 0) is 167 Å². The lowest BCUT2D eigenvalue weighted by molar-refractivity contribution is -0.161. The topological polar surface area (TPSA) is 237 Å². The van der Waals surface area contributed by atoms with E-state index < -0.39 is 97.5 Å². The fraction of sp³-hybridized carbons (Fsp3) is 0.678. The number of phosphoric acid groups is 2. The molecule has 0 aromatic heterocycles. The van der Waals surface area contributed by atoms with Crippen molar-refractivity contribution in [2.24, 2.45) is 0 Å². The minimum Gasteiger partial charge on any atom is -0.462 e. The van der Waals surface area contributed by atoms with E-state index in [0.29, 0.717) is 25.7 Å². The van der Waals surface area contributed by atoms with Crippen molar-refractivity contribution >= 4 is 39.5 Å². The first-order valence-electron chi connectivity index (χ1n) is 41.1. The van der Waals surface area contributed by atoms with Gasteiger partial charge in [-0.3, -0.25) is 37.3 Å². The molecule has 0 bridgehead atoms. The highest BCUT2D eigenvalue weighted by Crippen LogP contribution is 2.45. The lowest BCUT2D eigenvalue weighted by Gasteiger charge is -2.21. The van der Waals surface area contributed by atoms with Crippen LogP contribution in [0, 0.1) is 0 Å². The van der Waals surface area contributed by atoms with Gasteiger partial charge >= 0.3 is 39.5 Å². The number of carbonyl (C=O) groups excluding carboxylic acids is 4. The van der Waals surface area contributed by atoms with E-state index in [2.05, 4.69) is 174 Å². The summed E-state index contributed by atoms with van der Waals surface area (Å²) < 4.78 is 68.6. The number of carbonyl (C=O) groups is 4. The third-order valence-corrected chi connectivity index (χ3v) is 18.7. The van der Waals surface area contributed by atoms with Crippen LogP contribution in [-0.2, 0) is 65.4 Å². The van der Waals surface area contributed by atoms with Crippen molar-refractivity contribution in [1.82, 2.24) is 0 Å². The number of unbranched alkanes of at least 4 members (excludes halogenated alkanes) is 26. The molecule has 0 saturated heterocycles. The lowest BCUT2D eigenvalue weighted by Crippen LogP contribution is -2.30. The largest absolute Gasteiger partial charge is 0.472 e. The standard InChI is InChI=1S/C87H146O17P2/c1-5-9-13-17-21-25-29-33-36-38-40-42-45-49-52-56-60-64-68-72-85(90)98-77-82(103-86(91)73-69-65-61-57-53-47-32-28-24-20-16-12-8-4)79-101-105(93,94)99-75-81(88)76-100-106(95,96)102-80-83(78-97-84(89)71-67-63-59-55-51-48-44-35-31-27-23-19-15-11-7-3)104-87(92)74-70-66-62-58-54-50-46-43-41-39-37-34-30-26-22-18-14-10-6-2/h9-10,13-14,21-22,25-28,31-34,36-37,40-43,49-50,52,54,81-83,88H,5-8,11-12,15-20,23-24,29-30,35,38-39,44-48,51,53,55-80H2,1-4H3,(H,93,94)(H,95,96)/b13-9-,14-10-,25-21-,26-22-,31-27-,32-28-,36-33-,37-34-,42-40-,43-41-,52-49-,54-50-/t81-,82-,83-/m1/s1. The minimum absolute atomic E-state index is 0.0511. The van der Waals surface area contributed by atoms with E-state index in [0.717, 1.165) is 180 Å². The summed E-state index contributed by atoms with van der Waals surface area (Å²) in [6.45, 7) is 4.54. The number of phosphoric ester groups is 2. The maximum atomic E-state index is 13.1. The third kappa shape index (κ3) is 77.1. The predicted molar refractivity (Wildman–Crippen MR) is 436 cm³/mol. The van der Waals surface area contributed by atoms with Crippen LogP contribution < -0.4 is 0 Å². The second-order valence-corrected chi connectivity index (χ2v) is 29.8. The van der Waals surface area contributed by atoms with Gasteiger partial charge in [0.05, 0.1) is 26.4 Å². The van der Waals surface area contributed by atoms with E-state index in [1.165, 1.54) is 64.2 Å². The first-order chi connectivity index (χ1) is 51.7. The number of hydrogen-bond donors (Lipinski definition) is 3. The van der Waals surface area contributed by atoms with Gasteiger partial charge in [0, 0.05) is 25.7 Å². The van der Waals surface area contributed by atoms with Crippen molar-refractivity contribution in [3.8, 4) is 0 Å². The second kappa shape index (κ2) is 78.1. The summed E-state index contributed by atoms with van der Waals surface area (Å²) in [5.41, 5.74) is 0. The Morgan fingerprint density at radius 2 is 0.491 bits per heavy atom. The molecule has 0 radical (unpaired) electrons. The molecule has 0 aromatic rings.